The molecule has 1 aromatic heterocycles. The number of rotatable bonds is 2. The molecule has 3 N–H and O–H groups in total. The average molecular weight is 201 g/mol. The number of nitrogens with one attached hydrogen (secondary N) is 1. The van der Waals surface area contributed by atoms with Crippen LogP contribution >= 0.6 is 0 Å². The summed E-state index contributed by atoms with van der Waals surface area (Å²) in [6.07, 6.45) is 0. The van der Waals surface area contributed by atoms with Gasteiger partial charge in [0, 0.05) is 6.07 Å². The summed E-state index contributed by atoms with van der Waals surface area (Å²) in [6.45, 7) is 4.36. The van der Waals surface area contributed by atoms with Crippen molar-refractivity contribution in [2.45, 2.75) is 19.8 Å². The molecule has 1 heterocycles. The molecule has 0 unspecified atom stereocenters. The Labute approximate surface area is 89.3 Å². The normalized spacial score (nSPS) is 10.9. The number of nitrogen functional groups attached to an aromatic ring is 1. The third kappa shape index (κ3) is 2.01. The van der Waals surface area contributed by atoms with E-state index in [-0.39, 0.29) is 0 Å². The molecule has 0 spiro atoms. The molecule has 0 amide bonds. The van der Waals surface area contributed by atoms with Gasteiger partial charge >= 0.3 is 0 Å². The highest BCUT2D eigenvalue weighted by atomic mass is 15.2. The van der Waals surface area contributed by atoms with Crippen LogP contribution in [0.1, 0.15) is 25.3 Å². The number of aromatic amines is 1. The monoisotopic (exact) mass is 201 g/mol. The van der Waals surface area contributed by atoms with Crippen molar-refractivity contribution >= 4 is 5.82 Å². The Morgan fingerprint density at radius 1 is 1.27 bits per heavy atom. The van der Waals surface area contributed by atoms with Crippen molar-refractivity contribution in [1.82, 2.24) is 10.2 Å². The smallest absolute Gasteiger partial charge is 0.145 e. The first kappa shape index (κ1) is 9.77. The molecule has 2 rings (SSSR count). The predicted octanol–water partition coefficient (Wildman–Crippen LogP) is 2.78. The molecule has 0 saturated heterocycles. The topological polar surface area (TPSA) is 54.7 Å². The highest BCUT2D eigenvalue weighted by molar-refractivity contribution is 5.62. The lowest BCUT2D eigenvalue weighted by molar-refractivity contribution is 0.867. The third-order valence-corrected chi connectivity index (χ3v) is 2.46. The van der Waals surface area contributed by atoms with Crippen LogP contribution in [-0.2, 0) is 0 Å². The van der Waals surface area contributed by atoms with E-state index in [9.17, 15) is 0 Å². The summed E-state index contributed by atoms with van der Waals surface area (Å²) in [6, 6.07) is 10.3. The van der Waals surface area contributed by atoms with Crippen LogP contribution in [0.2, 0.25) is 0 Å². The Balaban J connectivity index is 2.41. The van der Waals surface area contributed by atoms with Crippen LogP contribution in [-0.4, -0.2) is 10.2 Å². The van der Waals surface area contributed by atoms with E-state index in [0.717, 1.165) is 11.3 Å². The molecule has 3 heteroatoms. The molecular formula is C12H15N3. The molecular weight excluding hydrogens is 186 g/mol. The van der Waals surface area contributed by atoms with Crippen LogP contribution in [0.25, 0.3) is 11.3 Å². The number of hydrogen-bond acceptors (Lipinski definition) is 2. The van der Waals surface area contributed by atoms with E-state index in [1.54, 1.807) is 0 Å². The van der Waals surface area contributed by atoms with Gasteiger partial charge in [-0.25, -0.2) is 0 Å². The molecule has 15 heavy (non-hydrogen) atoms. The first-order chi connectivity index (χ1) is 7.16. The van der Waals surface area contributed by atoms with Gasteiger partial charge in [0.15, 0.2) is 0 Å². The summed E-state index contributed by atoms with van der Waals surface area (Å²) in [4.78, 5) is 0. The van der Waals surface area contributed by atoms with Gasteiger partial charge in [-0.2, -0.15) is 5.10 Å². The van der Waals surface area contributed by atoms with E-state index in [1.807, 2.05) is 6.07 Å². The Hall–Kier alpha value is -1.77. The van der Waals surface area contributed by atoms with Gasteiger partial charge in [-0.3, -0.25) is 5.10 Å². The summed E-state index contributed by atoms with van der Waals surface area (Å²) in [5.41, 5.74) is 8.99. The zero-order chi connectivity index (χ0) is 10.8. The second kappa shape index (κ2) is 3.77. The van der Waals surface area contributed by atoms with Crippen molar-refractivity contribution < 1.29 is 0 Å². The van der Waals surface area contributed by atoms with E-state index in [1.165, 1.54) is 5.56 Å². The zero-order valence-corrected chi connectivity index (χ0v) is 8.99. The maximum absolute atomic E-state index is 5.57. The summed E-state index contributed by atoms with van der Waals surface area (Å²) in [7, 11) is 0. The molecule has 2 aromatic rings. The van der Waals surface area contributed by atoms with Crippen LogP contribution in [0.4, 0.5) is 5.82 Å². The van der Waals surface area contributed by atoms with E-state index < -0.39 is 0 Å². The minimum atomic E-state index is 0.528. The second-order valence-electron chi connectivity index (χ2n) is 3.99. The van der Waals surface area contributed by atoms with Gasteiger partial charge in [-0.1, -0.05) is 32.0 Å². The molecule has 0 fully saturated rings. The molecule has 0 saturated carbocycles. The van der Waals surface area contributed by atoms with Crippen LogP contribution in [0.5, 0.6) is 0 Å². The fourth-order valence-corrected chi connectivity index (χ4v) is 1.55. The zero-order valence-electron chi connectivity index (χ0n) is 8.99. The van der Waals surface area contributed by atoms with Crippen molar-refractivity contribution in [1.29, 1.82) is 0 Å². The molecule has 0 aliphatic carbocycles. The summed E-state index contributed by atoms with van der Waals surface area (Å²) >= 11 is 0. The lowest BCUT2D eigenvalue weighted by Gasteiger charge is -2.06. The number of aromatic nitrogens is 2. The number of benzene rings is 1. The Morgan fingerprint density at radius 3 is 2.67 bits per heavy atom. The van der Waals surface area contributed by atoms with E-state index in [2.05, 4.69) is 48.3 Å². The van der Waals surface area contributed by atoms with E-state index in [0.29, 0.717) is 11.7 Å². The number of nitrogens with two attached hydrogens (primary N) is 1. The highest BCUT2D eigenvalue weighted by Crippen LogP contribution is 2.23. The first-order valence-electron chi connectivity index (χ1n) is 5.08. The Bertz CT molecular complexity index is 457. The van der Waals surface area contributed by atoms with Gasteiger partial charge in [0.05, 0.1) is 5.69 Å². The average Bonchev–Trinajstić information content (AvgIpc) is 2.65. The van der Waals surface area contributed by atoms with Crippen molar-refractivity contribution in [3.05, 3.63) is 35.9 Å². The standard InChI is InChI=1S/C12H15N3/c1-8(2)9-4-3-5-10(6-9)11-7-12(13)15-14-11/h3-8H,1-2H3,(H3,13,14,15). The van der Waals surface area contributed by atoms with Gasteiger partial charge in [0.2, 0.25) is 0 Å². The predicted molar refractivity (Wildman–Crippen MR) is 62.5 cm³/mol. The molecule has 1 aromatic carbocycles. The molecule has 0 aliphatic rings. The van der Waals surface area contributed by atoms with Gasteiger partial charge in [0.25, 0.3) is 0 Å². The Morgan fingerprint density at radius 2 is 2.07 bits per heavy atom. The molecule has 3 nitrogen and oxygen atoms in total. The van der Waals surface area contributed by atoms with Crippen molar-refractivity contribution in [2.24, 2.45) is 0 Å². The number of anilines is 1. The van der Waals surface area contributed by atoms with Crippen LogP contribution in [0.15, 0.2) is 30.3 Å². The fourth-order valence-electron chi connectivity index (χ4n) is 1.55. The summed E-state index contributed by atoms with van der Waals surface area (Å²) in [5, 5.41) is 6.83. The summed E-state index contributed by atoms with van der Waals surface area (Å²) < 4.78 is 0. The van der Waals surface area contributed by atoms with Crippen molar-refractivity contribution in [3.63, 3.8) is 0 Å². The number of H-pyrrole nitrogens is 1. The third-order valence-electron chi connectivity index (χ3n) is 2.46. The van der Waals surface area contributed by atoms with Crippen LogP contribution in [0, 0.1) is 0 Å². The molecule has 0 aliphatic heterocycles. The molecule has 78 valence electrons. The Kier molecular flexibility index (Phi) is 2.46. The summed E-state index contributed by atoms with van der Waals surface area (Å²) in [5.74, 6) is 1.06. The maximum Gasteiger partial charge on any atom is 0.145 e. The van der Waals surface area contributed by atoms with Crippen molar-refractivity contribution in [2.75, 3.05) is 5.73 Å². The highest BCUT2D eigenvalue weighted by Gasteiger charge is 2.04. The lowest BCUT2D eigenvalue weighted by atomic mass is 10.00. The first-order valence-corrected chi connectivity index (χ1v) is 5.08. The largest absolute Gasteiger partial charge is 0.382 e. The minimum Gasteiger partial charge on any atom is -0.382 e. The number of nitrogens with zero attached hydrogens (tertiary/aromatic N) is 1. The van der Waals surface area contributed by atoms with Gasteiger partial charge in [0.1, 0.15) is 5.82 Å². The fraction of sp³-hybridized carbons (Fsp3) is 0.250. The van der Waals surface area contributed by atoms with Crippen LogP contribution < -0.4 is 5.73 Å². The van der Waals surface area contributed by atoms with Crippen molar-refractivity contribution in [3.8, 4) is 11.3 Å². The SMILES string of the molecule is CC(C)c1cccc(-c2cc(N)n[nH]2)c1. The second-order valence-corrected chi connectivity index (χ2v) is 3.99. The minimum absolute atomic E-state index is 0.528. The maximum atomic E-state index is 5.57. The lowest BCUT2D eigenvalue weighted by Crippen LogP contribution is -1.87. The number of hydrogen-bond donors (Lipinski definition) is 2. The van der Waals surface area contributed by atoms with Gasteiger partial charge < -0.3 is 5.73 Å². The van der Waals surface area contributed by atoms with Gasteiger partial charge in [-0.15, -0.1) is 0 Å². The van der Waals surface area contributed by atoms with E-state index in [4.69, 9.17) is 5.73 Å². The molecule has 0 radical (unpaired) electrons. The van der Waals surface area contributed by atoms with Crippen LogP contribution in [0.3, 0.4) is 0 Å². The quantitative estimate of drug-likeness (QED) is 0.785. The van der Waals surface area contributed by atoms with Gasteiger partial charge in [-0.05, 0) is 23.1 Å². The van der Waals surface area contributed by atoms with E-state index >= 15 is 0 Å². The molecule has 0 bridgehead atoms. The molecule has 0 atom stereocenters.